The lowest BCUT2D eigenvalue weighted by Crippen LogP contribution is -1.85. The summed E-state index contributed by atoms with van der Waals surface area (Å²) >= 11 is 11.4. The first-order chi connectivity index (χ1) is 9.17. The van der Waals surface area contributed by atoms with E-state index in [-0.39, 0.29) is 0 Å². The molecule has 0 N–H and O–H groups in total. The van der Waals surface area contributed by atoms with Gasteiger partial charge in [0.25, 0.3) is 0 Å². The zero-order valence-electron chi connectivity index (χ0n) is 10.3. The highest BCUT2D eigenvalue weighted by Crippen LogP contribution is 2.34. The van der Waals surface area contributed by atoms with E-state index in [0.717, 1.165) is 32.0 Å². The fourth-order valence-corrected chi connectivity index (χ4v) is 3.58. The van der Waals surface area contributed by atoms with Crippen LogP contribution < -0.4 is 0 Å². The van der Waals surface area contributed by atoms with Gasteiger partial charge in [-0.3, -0.25) is 0 Å². The number of fused-ring (bicyclic) bond motifs is 1. The van der Waals surface area contributed by atoms with Crippen LogP contribution in [-0.2, 0) is 5.33 Å². The van der Waals surface area contributed by atoms with Crippen molar-refractivity contribution in [2.24, 2.45) is 0 Å². The Morgan fingerprint density at radius 1 is 1.26 bits per heavy atom. The average Bonchev–Trinajstić information content (AvgIpc) is 2.77. The van der Waals surface area contributed by atoms with Crippen molar-refractivity contribution in [2.75, 3.05) is 0 Å². The number of benzene rings is 2. The molecule has 1 nitrogen and oxygen atoms in total. The minimum Gasteiger partial charge on any atom is -0.241 e. The van der Waals surface area contributed by atoms with Gasteiger partial charge < -0.3 is 0 Å². The summed E-state index contributed by atoms with van der Waals surface area (Å²) in [6.45, 7) is 2.04. The Hall–Kier alpha value is -0.900. The third-order valence-corrected chi connectivity index (χ3v) is 4.75. The predicted octanol–water partition coefficient (Wildman–Crippen LogP) is 5.82. The smallest absolute Gasteiger partial charge is 0.0908 e. The van der Waals surface area contributed by atoms with E-state index in [9.17, 15) is 0 Å². The van der Waals surface area contributed by atoms with Crippen LogP contribution in [0.15, 0.2) is 36.4 Å². The van der Waals surface area contributed by atoms with Crippen molar-refractivity contribution in [1.82, 2.24) is 4.98 Å². The van der Waals surface area contributed by atoms with E-state index < -0.39 is 0 Å². The van der Waals surface area contributed by atoms with Crippen LogP contribution in [-0.4, -0.2) is 4.98 Å². The summed E-state index contributed by atoms with van der Waals surface area (Å²) in [7, 11) is 0. The van der Waals surface area contributed by atoms with Crippen molar-refractivity contribution < 1.29 is 0 Å². The second-order valence-corrected chi connectivity index (χ2v) is 6.60. The molecule has 2 aromatic carbocycles. The molecule has 3 aromatic rings. The molecule has 96 valence electrons. The molecule has 0 atom stereocenters. The molecule has 0 aliphatic carbocycles. The van der Waals surface area contributed by atoms with Crippen LogP contribution >= 0.6 is 38.9 Å². The van der Waals surface area contributed by atoms with Crippen LogP contribution in [0.2, 0.25) is 5.02 Å². The summed E-state index contributed by atoms with van der Waals surface area (Å²) in [4.78, 5) is 4.65. The molecule has 0 fully saturated rings. The molecule has 19 heavy (non-hydrogen) atoms. The summed E-state index contributed by atoms with van der Waals surface area (Å²) in [5.74, 6) is 0. The molecule has 0 unspecified atom stereocenters. The van der Waals surface area contributed by atoms with Crippen LogP contribution in [0.5, 0.6) is 0 Å². The molecular formula is C15H11BrClNS. The molecule has 0 spiro atoms. The first kappa shape index (κ1) is 13.1. The lowest BCUT2D eigenvalue weighted by molar-refractivity contribution is 1.34. The average molecular weight is 353 g/mol. The zero-order valence-corrected chi connectivity index (χ0v) is 13.4. The Morgan fingerprint density at radius 2 is 2.11 bits per heavy atom. The van der Waals surface area contributed by atoms with E-state index in [4.69, 9.17) is 11.6 Å². The zero-order chi connectivity index (χ0) is 13.4. The lowest BCUT2D eigenvalue weighted by atomic mass is 10.0. The van der Waals surface area contributed by atoms with Crippen molar-refractivity contribution in [2.45, 2.75) is 12.3 Å². The third kappa shape index (κ3) is 2.55. The van der Waals surface area contributed by atoms with Crippen molar-refractivity contribution in [3.63, 3.8) is 0 Å². The molecule has 1 aromatic heterocycles. The molecule has 0 amide bonds. The summed E-state index contributed by atoms with van der Waals surface area (Å²) in [5.41, 5.74) is 4.59. The van der Waals surface area contributed by atoms with E-state index >= 15 is 0 Å². The number of rotatable bonds is 2. The monoisotopic (exact) mass is 351 g/mol. The van der Waals surface area contributed by atoms with Gasteiger partial charge in [-0.15, -0.1) is 11.3 Å². The number of aryl methyl sites for hydroxylation is 1. The van der Waals surface area contributed by atoms with Crippen LogP contribution in [0, 0.1) is 6.92 Å². The Kier molecular flexibility index (Phi) is 3.61. The minimum absolute atomic E-state index is 0.752. The van der Waals surface area contributed by atoms with Crippen LogP contribution in [0.4, 0.5) is 0 Å². The Balaban J connectivity index is 2.32. The minimum atomic E-state index is 0.752. The van der Waals surface area contributed by atoms with Crippen molar-refractivity contribution in [1.29, 1.82) is 0 Å². The number of hydrogen-bond acceptors (Lipinski definition) is 2. The largest absolute Gasteiger partial charge is 0.241 e. The maximum atomic E-state index is 6.10. The highest BCUT2D eigenvalue weighted by molar-refractivity contribution is 9.08. The van der Waals surface area contributed by atoms with Gasteiger partial charge in [-0.2, -0.15) is 0 Å². The lowest BCUT2D eigenvalue weighted by Gasteiger charge is -2.06. The summed E-state index contributed by atoms with van der Waals surface area (Å²) in [5, 5.41) is 2.68. The van der Waals surface area contributed by atoms with Gasteiger partial charge in [0.1, 0.15) is 0 Å². The van der Waals surface area contributed by atoms with Crippen molar-refractivity contribution >= 4 is 49.1 Å². The topological polar surface area (TPSA) is 12.9 Å². The van der Waals surface area contributed by atoms with Gasteiger partial charge in [-0.1, -0.05) is 39.7 Å². The van der Waals surface area contributed by atoms with Gasteiger partial charge in [0.15, 0.2) is 0 Å². The second-order valence-electron chi connectivity index (χ2n) is 4.37. The summed E-state index contributed by atoms with van der Waals surface area (Å²) < 4.78 is 1.23. The van der Waals surface area contributed by atoms with Gasteiger partial charge in [0.2, 0.25) is 0 Å². The normalized spacial score (nSPS) is 11.1. The van der Waals surface area contributed by atoms with Crippen molar-refractivity contribution in [3.05, 3.63) is 52.0 Å². The highest BCUT2D eigenvalue weighted by Gasteiger charge is 2.10. The van der Waals surface area contributed by atoms with E-state index in [0.29, 0.717) is 0 Å². The van der Waals surface area contributed by atoms with Gasteiger partial charge >= 0.3 is 0 Å². The maximum Gasteiger partial charge on any atom is 0.0908 e. The molecule has 0 aliphatic rings. The number of aromatic nitrogens is 1. The number of nitrogens with zero attached hydrogens (tertiary/aromatic N) is 1. The Morgan fingerprint density at radius 3 is 2.84 bits per heavy atom. The van der Waals surface area contributed by atoms with Gasteiger partial charge in [-0.05, 0) is 42.3 Å². The molecule has 0 saturated heterocycles. The number of alkyl halides is 1. The number of thiazole rings is 1. The molecule has 3 rings (SSSR count). The van der Waals surface area contributed by atoms with Gasteiger partial charge in [-0.25, -0.2) is 4.98 Å². The first-order valence-electron chi connectivity index (χ1n) is 5.89. The standard InChI is InChI=1S/C15H11BrClNS/c1-9-18-15-13(11-3-2-4-12(17)7-11)5-10(8-16)6-14(15)19-9/h2-7H,8H2,1H3. The molecule has 1 heterocycles. The maximum absolute atomic E-state index is 6.10. The fraction of sp³-hybridized carbons (Fsp3) is 0.133. The van der Waals surface area contributed by atoms with Crippen LogP contribution in [0.1, 0.15) is 10.6 Å². The van der Waals surface area contributed by atoms with E-state index in [2.05, 4.69) is 39.1 Å². The van der Waals surface area contributed by atoms with Gasteiger partial charge in [0.05, 0.1) is 15.2 Å². The molecule has 0 bridgehead atoms. The van der Waals surface area contributed by atoms with Crippen LogP contribution in [0.3, 0.4) is 0 Å². The van der Waals surface area contributed by atoms with Crippen molar-refractivity contribution in [3.8, 4) is 11.1 Å². The SMILES string of the molecule is Cc1nc2c(-c3cccc(Cl)c3)cc(CBr)cc2s1. The fourth-order valence-electron chi connectivity index (χ4n) is 2.15. The third-order valence-electron chi connectivity index (χ3n) is 2.95. The highest BCUT2D eigenvalue weighted by atomic mass is 79.9. The van der Waals surface area contributed by atoms with E-state index in [1.807, 2.05) is 25.1 Å². The van der Waals surface area contributed by atoms with E-state index in [1.54, 1.807) is 11.3 Å². The summed E-state index contributed by atoms with van der Waals surface area (Å²) in [6, 6.07) is 12.3. The summed E-state index contributed by atoms with van der Waals surface area (Å²) in [6.07, 6.45) is 0. The Labute approximate surface area is 129 Å². The number of hydrogen-bond donors (Lipinski definition) is 0. The molecule has 0 saturated carbocycles. The molecular weight excluding hydrogens is 342 g/mol. The predicted molar refractivity (Wildman–Crippen MR) is 87.4 cm³/mol. The molecule has 0 radical (unpaired) electrons. The molecule has 4 heteroatoms. The van der Waals surface area contributed by atoms with Crippen LogP contribution in [0.25, 0.3) is 21.3 Å². The first-order valence-corrected chi connectivity index (χ1v) is 8.21. The van der Waals surface area contributed by atoms with Gasteiger partial charge in [0, 0.05) is 15.9 Å². The second kappa shape index (κ2) is 5.23. The molecule has 0 aliphatic heterocycles. The quantitative estimate of drug-likeness (QED) is 0.529. The number of halogens is 2. The van der Waals surface area contributed by atoms with E-state index in [1.165, 1.54) is 10.3 Å². The Bertz CT molecular complexity index is 751.